The molecule has 0 aliphatic carbocycles. The molecular weight excluding hydrogens is 4280 g/mol. The molecule has 0 bridgehead atoms. The van der Waals surface area contributed by atoms with Crippen LogP contribution in [0.5, 0.6) is 0 Å². The van der Waals surface area contributed by atoms with Gasteiger partial charge in [-0.05, 0) is 940 Å². The summed E-state index contributed by atoms with van der Waals surface area (Å²) < 4.78 is 1.01. The van der Waals surface area contributed by atoms with Gasteiger partial charge in [0.15, 0.2) is 0 Å². The molecule has 0 aromatic heterocycles. The smallest absolute Gasteiger partial charge is 0.0537 e. The monoisotopic (exact) mass is 4270 g/mol. The second-order valence-corrected chi connectivity index (χ2v) is 477. The van der Waals surface area contributed by atoms with E-state index >= 15 is 0 Å². The summed E-state index contributed by atoms with van der Waals surface area (Å²) in [6.45, 7) is 0. The zero-order valence-corrected chi connectivity index (χ0v) is 163. The van der Waals surface area contributed by atoms with Gasteiger partial charge in [0.2, 0.25) is 0 Å². The molecule has 133 heteroatoms. The standard InChI is InChI=1S/CHS133/c2-1-92(5,6)94(9,10)96(13,14)98(17,18)100(21,22)102(25,26)104(29,30)106(33,34)108(37,38)110(41,42)112(45,46)114(49,50)116(53,54)118(57,58)120(61,62)122(65,66)124(69,70)126(73,74)128(77,78)130(81,82)132(85,86)134(89,90)133(87,88)131(83,84)129(79,80)127(75,76)125(71,72)123(67,68)121(63,64)119(59,60)117(55,56)115(51,52)113(47,48)111(43,44)109(39,40)107(35,36)105(31,32)103(27,28)101(23,24)99(19,20)97(15,16)95(11,12)93(7,8)91(3)4/h1H/q-1. The van der Waals surface area contributed by atoms with Crippen molar-refractivity contribution in [2.45, 2.75) is 0 Å². The molecule has 0 heterocycles. The Labute approximate surface area is 1190 Å². The fourth-order valence-corrected chi connectivity index (χ4v) is 1030. The number of hydrogen-bond acceptors (Lipinski definition) is 90. The van der Waals surface area contributed by atoms with Crippen LogP contribution in [0.2, 0.25) is 0 Å². The van der Waals surface area contributed by atoms with Crippen LogP contribution >= 0.6 is 12.2 Å². The van der Waals surface area contributed by atoms with Crippen molar-refractivity contribution in [2.24, 2.45) is 0 Å². The maximum Gasteiger partial charge on any atom is 0.0537 e. The van der Waals surface area contributed by atoms with Gasteiger partial charge in [-0.3, -0.25) is 7.05 Å². The highest BCUT2D eigenvalue weighted by Crippen LogP contribution is 2.49. The highest BCUT2D eigenvalue weighted by Gasteiger charge is 2.53. The van der Waals surface area contributed by atoms with Gasteiger partial charge in [-0.25, -0.2) is 22.4 Å². The van der Waals surface area contributed by atoms with E-state index < -0.39 is 232 Å². The highest BCUT2D eigenvalue weighted by molar-refractivity contribution is 9.86. The van der Waals surface area contributed by atoms with Gasteiger partial charge in [-0.15, -0.1) is 0 Å². The Morgan fingerprint density at radius 2 is 0.142 bits per heavy atom. The molecule has 0 unspecified atom stereocenters. The van der Waals surface area contributed by atoms with E-state index in [2.05, 4.69) is 0 Å². The lowest BCUT2D eigenvalue weighted by molar-refractivity contribution is 4.39. The molecule has 0 aliphatic rings. The van der Waals surface area contributed by atoms with Crippen molar-refractivity contribution in [3.63, 3.8) is 0 Å². The van der Waals surface area contributed by atoms with E-state index in [4.69, 9.17) is 997 Å². The lowest BCUT2D eigenvalue weighted by Crippen LogP contribution is -2.41. The second kappa shape index (κ2) is 53.0. The number of rotatable bonds is 44. The van der Waals surface area contributed by atoms with Gasteiger partial charge in [-0.2, -0.15) is 0 Å². The van der Waals surface area contributed by atoms with Crippen LogP contribution in [0.15, 0.2) is 0 Å². The van der Waals surface area contributed by atoms with E-state index in [1.165, 1.54) is 0 Å². The van der Waals surface area contributed by atoms with Crippen LogP contribution in [0.3, 0.4) is 0 Å². The summed E-state index contributed by atoms with van der Waals surface area (Å²) in [4.78, 5) is 0. The van der Waals surface area contributed by atoms with Crippen molar-refractivity contribution in [1.82, 2.24) is 0 Å². The predicted octanol–water partition coefficient (Wildman–Crippen LogP) is 0.176. The van der Waals surface area contributed by atoms with Crippen LogP contribution in [0.25, 0.3) is 0 Å². The van der Waals surface area contributed by atoms with Gasteiger partial charge in [0.05, 0.1) is 4.70 Å². The van der Waals surface area contributed by atoms with Crippen molar-refractivity contribution >= 4 is 1230 Å². The predicted molar refractivity (Wildman–Crippen MR) is 986 cm³/mol. The molecule has 0 radical (unpaired) electrons. The van der Waals surface area contributed by atoms with E-state index in [9.17, 15) is 0 Å². The third-order valence-corrected chi connectivity index (χ3v) is 864. The molecule has 0 fully saturated rings. The molecular formula is CHS133-. The van der Waals surface area contributed by atoms with Crippen LogP contribution in [-0.2, 0) is 1220 Å². The highest BCUT2D eigenvalue weighted by atomic mass is 34.6. The second-order valence-electron chi connectivity index (χ2n) is 17.9. The van der Waals surface area contributed by atoms with Gasteiger partial charge in [0, 0.05) is 220 Å². The zero-order chi connectivity index (χ0) is 112. The first-order valence-corrected chi connectivity index (χ1v) is 198. The Morgan fingerprint density at radius 3 is 0.194 bits per heavy atom. The molecule has 0 rings (SSSR count). The minimum Gasteiger partial charge on any atom is -0.271 e. The van der Waals surface area contributed by atoms with Crippen molar-refractivity contribution < 1.29 is 0 Å². The van der Waals surface area contributed by atoms with Gasteiger partial charge in [0.25, 0.3) is 0 Å². The molecule has 0 N–H and O–H groups in total. The van der Waals surface area contributed by atoms with E-state index in [0.29, 0.717) is 0 Å². The van der Waals surface area contributed by atoms with E-state index in [1.807, 2.05) is 0 Å². The molecule has 0 saturated heterocycles. The molecule has 804 valence electrons. The average Bonchev–Trinajstić information content (AvgIpc) is 0.670. The van der Waals surface area contributed by atoms with Crippen molar-refractivity contribution in [2.75, 3.05) is 0 Å². The Morgan fingerprint density at radius 1 is 0.0896 bits per heavy atom. The molecule has 0 spiro atoms. The van der Waals surface area contributed by atoms with E-state index in [0.717, 1.165) is 4.70 Å². The van der Waals surface area contributed by atoms with Crippen LogP contribution < -0.4 is 0 Å². The molecule has 134 heavy (non-hydrogen) atoms. The Bertz CT molecular complexity index is 10500. The van der Waals surface area contributed by atoms with Crippen LogP contribution in [0.1, 0.15) is 0 Å². The summed E-state index contributed by atoms with van der Waals surface area (Å²) >= 11 is 546. The topological polar surface area (TPSA) is 0 Å². The third kappa shape index (κ3) is 25.8. The van der Waals surface area contributed by atoms with Gasteiger partial charge >= 0.3 is 0 Å². The quantitative estimate of drug-likeness (QED) is 0.0463. The molecule has 0 aromatic rings. The van der Waals surface area contributed by atoms with Crippen molar-refractivity contribution in [3.8, 4) is 0 Å². The summed E-state index contributed by atoms with van der Waals surface area (Å²) in [5.74, 6) is 0. The molecule has 0 saturated carbocycles. The maximum absolute atomic E-state index is 6.30. The van der Waals surface area contributed by atoms with Crippen molar-refractivity contribution in [1.29, 1.82) is 0 Å². The minimum atomic E-state index is -4.35. The average molecular weight is 4280 g/mol. The minimum absolute atomic E-state index is 1.01. The van der Waals surface area contributed by atoms with Crippen molar-refractivity contribution in [3.05, 3.63) is 0 Å². The summed E-state index contributed by atoms with van der Waals surface area (Å²) in [6.07, 6.45) is -3.09. The Kier molecular flexibility index (Phi) is 66.8. The van der Waals surface area contributed by atoms with Gasteiger partial charge in [-0.1, -0.05) is 39.8 Å². The zero-order valence-electron chi connectivity index (χ0n) is 54.9. The van der Waals surface area contributed by atoms with Crippen LogP contribution in [0, 0.1) is 0 Å². The van der Waals surface area contributed by atoms with Gasteiger partial charge < -0.3 is 0 Å². The first-order valence-electron chi connectivity index (χ1n) is 22.3. The first-order chi connectivity index (χ1) is 56.0. The maximum atomic E-state index is 6.30. The number of hydrogen-bond donors (Lipinski definition) is 0. The summed E-state index contributed by atoms with van der Waals surface area (Å²) in [7, 11) is -1.63. The largest absolute Gasteiger partial charge is 0.271 e. The molecule has 0 aromatic carbocycles. The van der Waals surface area contributed by atoms with Crippen LogP contribution in [0.4, 0.5) is 0 Å². The Balaban J connectivity index is 8.99. The first kappa shape index (κ1) is 169. The number of thiocarbonyl (C=S) groups is 1. The van der Waals surface area contributed by atoms with E-state index in [-0.39, 0.29) is 0 Å². The lowest BCUT2D eigenvalue weighted by Gasteiger charge is -2.37. The molecule has 0 atom stereocenters. The Hall–Kier alpha value is 34.8. The fraction of sp³-hybridized carbons (Fsp3) is 0. The molecule has 0 amide bonds. The van der Waals surface area contributed by atoms with Gasteiger partial charge in [0.1, 0.15) is 0 Å². The summed E-state index contributed by atoms with van der Waals surface area (Å²) in [5, 5.41) is -173. The summed E-state index contributed by atoms with van der Waals surface area (Å²) in [5.41, 5.74) is 0. The lowest BCUT2D eigenvalue weighted by atomic mass is 11.9. The SMILES string of the molecule is S=CS(=S)(=S)S(=S)(=S)S(=S)(=S)S(=S)(=S)S(=S)(=S)S(=S)(=S)S(=S)(=S)S(=S)(=S)S(=S)(=S)S(=S)(=S)S(=S)(=S)S(=S)(=S)S(=S)(=S)S(=S)(=S)S(=S)(=S)S(=S)(=S)S(=S)(=S)S(=S)(=S)S(=S)(=S)S(=S)(=S)S(=S)(=S)S(=S)(=S)S(=S)(=S)S(=S)(=S)S(=S)(=S)S(=S)(=S)S(=S)(=S)S(=S)(=S)S(=S)(=S)S(=S)(=S)S(=S)(=S)S(=S)(=S)S(=S)(=S)S(=S)(=S)S(=S)(=S)S(=S)(=S)S(=S)(=S)S(=S)(=S)S(=S)(=S)S(=S)(=S)S(=S)(=S)S(=S)(=S)S(=S)(=S)[S-](=S)=S. The fourth-order valence-electron chi connectivity index (χ4n) is 4.31. The van der Waals surface area contributed by atoms with Crippen LogP contribution in [-0.4, -0.2) is 4.70 Å². The molecule has 0 aliphatic heterocycles. The molecule has 0 nitrogen and oxygen atoms in total. The third-order valence-electron chi connectivity index (χ3n) is 10.8. The normalized spacial score (nSPS) is 17.0. The van der Waals surface area contributed by atoms with E-state index in [1.54, 1.807) is 0 Å². The summed E-state index contributed by atoms with van der Waals surface area (Å²) in [6, 6.07) is 0.